The van der Waals surface area contributed by atoms with E-state index < -0.39 is 23.3 Å². The van der Waals surface area contributed by atoms with Gasteiger partial charge in [0.15, 0.2) is 5.82 Å². The lowest BCUT2D eigenvalue weighted by Crippen LogP contribution is -2.43. The van der Waals surface area contributed by atoms with Crippen molar-refractivity contribution in [2.75, 3.05) is 57.6 Å². The molecule has 0 saturated carbocycles. The van der Waals surface area contributed by atoms with E-state index in [1.807, 2.05) is 11.0 Å². The number of amides is 1. The number of carbonyl (C=O) groups is 1. The molecule has 3 aliphatic heterocycles. The third-order valence-electron chi connectivity index (χ3n) is 10.0. The predicted octanol–water partition coefficient (Wildman–Crippen LogP) is 6.09. The maximum Gasteiger partial charge on any atom is 0.319 e. The molecular formula is C33H33ClF3N7O3S. The molecule has 3 aliphatic rings. The zero-order valence-electron chi connectivity index (χ0n) is 26.4. The van der Waals surface area contributed by atoms with Crippen LogP contribution < -0.4 is 15.4 Å². The van der Waals surface area contributed by atoms with Gasteiger partial charge in [0.05, 0.1) is 27.9 Å². The molecule has 3 saturated heterocycles. The van der Waals surface area contributed by atoms with Crippen LogP contribution in [-0.2, 0) is 9.63 Å². The van der Waals surface area contributed by atoms with E-state index in [4.69, 9.17) is 31.9 Å². The summed E-state index contributed by atoms with van der Waals surface area (Å²) in [6.07, 6.45) is 2.08. The lowest BCUT2D eigenvalue weighted by Gasteiger charge is -2.34. The largest absolute Gasteiger partial charge is 0.461 e. The summed E-state index contributed by atoms with van der Waals surface area (Å²) in [7, 11) is 3.00. The molecule has 0 spiro atoms. The number of nitrogens with zero attached hydrogens (tertiary/aromatic N) is 6. The molecule has 0 unspecified atom stereocenters. The maximum absolute atomic E-state index is 16.9. The van der Waals surface area contributed by atoms with E-state index in [0.29, 0.717) is 50.1 Å². The number of nitrogens with two attached hydrogens (primary N) is 1. The predicted molar refractivity (Wildman–Crippen MR) is 178 cm³/mol. The number of nitriles is 1. The highest BCUT2D eigenvalue weighted by atomic mass is 35.5. The Balaban J connectivity index is 1.34. The van der Waals surface area contributed by atoms with Gasteiger partial charge in [-0.15, -0.1) is 11.3 Å². The number of thiophene rings is 1. The van der Waals surface area contributed by atoms with Crippen molar-refractivity contribution < 1.29 is 27.5 Å². The van der Waals surface area contributed by atoms with Gasteiger partial charge in [-0.05, 0) is 49.9 Å². The molecule has 0 radical (unpaired) electrons. The smallest absolute Gasteiger partial charge is 0.319 e. The van der Waals surface area contributed by atoms with E-state index in [-0.39, 0.29) is 66.8 Å². The molecule has 0 aliphatic carbocycles. The van der Waals surface area contributed by atoms with Gasteiger partial charge in [0, 0.05) is 55.4 Å². The number of hydrogen-bond acceptors (Lipinski definition) is 10. The van der Waals surface area contributed by atoms with Crippen LogP contribution >= 0.6 is 22.9 Å². The first-order valence-electron chi connectivity index (χ1n) is 15.7. The van der Waals surface area contributed by atoms with E-state index in [2.05, 4.69) is 9.88 Å². The minimum atomic E-state index is -0.956. The summed E-state index contributed by atoms with van der Waals surface area (Å²) in [6, 6.07) is 6.06. The Kier molecular flexibility index (Phi) is 8.52. The Bertz CT molecular complexity index is 1980. The van der Waals surface area contributed by atoms with Crippen LogP contribution in [0.4, 0.5) is 24.0 Å². The molecule has 3 fully saturated rings. The van der Waals surface area contributed by atoms with E-state index in [9.17, 15) is 18.8 Å². The van der Waals surface area contributed by atoms with Crippen LogP contribution in [0.3, 0.4) is 0 Å². The molecule has 2 aromatic heterocycles. The number of piperidine rings is 1. The highest BCUT2D eigenvalue weighted by Gasteiger charge is 2.49. The molecule has 7 rings (SSSR count). The van der Waals surface area contributed by atoms with Gasteiger partial charge in [0.1, 0.15) is 41.0 Å². The Labute approximate surface area is 283 Å². The molecule has 2 atom stereocenters. The van der Waals surface area contributed by atoms with Gasteiger partial charge in [-0.3, -0.25) is 14.5 Å². The number of ether oxygens (including phenoxy) is 1. The van der Waals surface area contributed by atoms with Crippen molar-refractivity contribution in [3.8, 4) is 23.2 Å². The van der Waals surface area contributed by atoms with E-state index in [1.54, 1.807) is 13.1 Å². The van der Waals surface area contributed by atoms with Gasteiger partial charge in [-0.1, -0.05) is 17.7 Å². The minimum Gasteiger partial charge on any atom is -0.461 e. The summed E-state index contributed by atoms with van der Waals surface area (Å²) >= 11 is 7.72. The number of anilines is 2. The molecule has 15 heteroatoms. The fourth-order valence-corrected chi connectivity index (χ4v) is 8.80. The molecule has 48 heavy (non-hydrogen) atoms. The first kappa shape index (κ1) is 32.6. The van der Waals surface area contributed by atoms with Gasteiger partial charge >= 0.3 is 6.01 Å². The second kappa shape index (κ2) is 12.5. The SMILES string of the molecule is CON(C)C(=O)C1CCN(c2nc(OC[C@@]34CCCN3C[C@H](F)C4)nc3c(F)c(-c4ccc(F)c5sc(N)c(C#N)c45)c(Cl)cc23)CC1. The Morgan fingerprint density at radius 3 is 2.77 bits per heavy atom. The average Bonchev–Trinajstić information content (AvgIpc) is 3.73. The number of carbonyl (C=O) groups excluding carboxylic acids is 1. The molecule has 1 amide bonds. The van der Waals surface area contributed by atoms with Crippen molar-refractivity contribution in [1.82, 2.24) is 19.9 Å². The van der Waals surface area contributed by atoms with Crippen LogP contribution in [0.1, 0.15) is 37.7 Å². The summed E-state index contributed by atoms with van der Waals surface area (Å²) in [5.74, 6) is -1.41. The molecule has 2 N–H and O–H groups in total. The van der Waals surface area contributed by atoms with E-state index in [0.717, 1.165) is 30.7 Å². The fourth-order valence-electron chi connectivity index (χ4n) is 7.55. The molecule has 10 nitrogen and oxygen atoms in total. The summed E-state index contributed by atoms with van der Waals surface area (Å²) in [5.41, 5.74) is 5.65. The van der Waals surface area contributed by atoms with Crippen molar-refractivity contribution >= 4 is 60.7 Å². The molecule has 2 aromatic carbocycles. The van der Waals surface area contributed by atoms with Gasteiger partial charge < -0.3 is 15.4 Å². The number of alkyl halides is 1. The number of fused-ring (bicyclic) bond motifs is 3. The Hall–Kier alpha value is -3.90. The molecule has 4 aromatic rings. The van der Waals surface area contributed by atoms with Crippen LogP contribution in [-0.4, -0.2) is 84.5 Å². The number of aromatic nitrogens is 2. The highest BCUT2D eigenvalue weighted by Crippen LogP contribution is 2.46. The third-order valence-corrected chi connectivity index (χ3v) is 11.3. The summed E-state index contributed by atoms with van der Waals surface area (Å²) in [4.78, 5) is 31.2. The average molecular weight is 700 g/mol. The van der Waals surface area contributed by atoms with Gasteiger partial charge in [-0.25, -0.2) is 18.2 Å². The minimum absolute atomic E-state index is 0.00676. The number of benzene rings is 2. The topological polar surface area (TPSA) is 121 Å². The van der Waals surface area contributed by atoms with Crippen molar-refractivity contribution in [3.63, 3.8) is 0 Å². The number of nitrogen functional groups attached to an aromatic ring is 1. The lowest BCUT2D eigenvalue weighted by atomic mass is 9.95. The summed E-state index contributed by atoms with van der Waals surface area (Å²) in [6.45, 7) is 2.12. The molecule has 252 valence electrons. The van der Waals surface area contributed by atoms with E-state index in [1.165, 1.54) is 24.3 Å². The number of hydroxylamine groups is 2. The highest BCUT2D eigenvalue weighted by molar-refractivity contribution is 7.23. The first-order valence-corrected chi connectivity index (χ1v) is 16.9. The standard InChI is InChI=1S/C33H33ClF3N7O3S/c1-42(46-2)31(45)17-6-10-43(11-7-17)30-20-12-22(34)25(19-4-5-23(36)28-24(19)21(14-38)29(39)48-28)26(37)27(20)40-32(41-30)47-16-33-8-3-9-44(33)15-18(35)13-33/h4-5,12,17-18H,3,6-11,13,15-16,39H2,1-2H3/t18-,33+/m1/s1. The normalized spacial score (nSPS) is 21.6. The van der Waals surface area contributed by atoms with Gasteiger partial charge in [0.2, 0.25) is 5.91 Å². The van der Waals surface area contributed by atoms with Crippen molar-refractivity contribution in [1.29, 1.82) is 5.26 Å². The van der Waals surface area contributed by atoms with Crippen molar-refractivity contribution in [2.24, 2.45) is 5.92 Å². The first-order chi connectivity index (χ1) is 23.0. The zero-order valence-corrected chi connectivity index (χ0v) is 27.9. The fraction of sp³-hybridized carbons (Fsp3) is 0.455. The zero-order chi connectivity index (χ0) is 33.9. The Morgan fingerprint density at radius 2 is 2.04 bits per heavy atom. The van der Waals surface area contributed by atoms with Crippen LogP contribution in [0, 0.1) is 28.9 Å². The number of rotatable bonds is 7. The summed E-state index contributed by atoms with van der Waals surface area (Å²) < 4.78 is 52.6. The quantitative estimate of drug-likeness (QED) is 0.229. The van der Waals surface area contributed by atoms with Crippen molar-refractivity contribution in [3.05, 3.63) is 40.4 Å². The third kappa shape index (κ3) is 5.37. The van der Waals surface area contributed by atoms with Crippen molar-refractivity contribution in [2.45, 2.75) is 43.8 Å². The maximum atomic E-state index is 16.9. The number of halogens is 4. The molecule has 0 bridgehead atoms. The van der Waals surface area contributed by atoms with E-state index >= 15 is 4.39 Å². The second-order valence-electron chi connectivity index (χ2n) is 12.7. The summed E-state index contributed by atoms with van der Waals surface area (Å²) in [5, 5.41) is 11.7. The lowest BCUT2D eigenvalue weighted by molar-refractivity contribution is -0.174. The molecule has 5 heterocycles. The monoisotopic (exact) mass is 699 g/mol. The molecular weight excluding hydrogens is 667 g/mol. The Morgan fingerprint density at radius 1 is 1.27 bits per heavy atom. The van der Waals surface area contributed by atoms with Gasteiger partial charge in [-0.2, -0.15) is 15.2 Å². The van der Waals surface area contributed by atoms with Crippen LogP contribution in [0.25, 0.3) is 32.1 Å². The van der Waals surface area contributed by atoms with Crippen LogP contribution in [0.2, 0.25) is 5.02 Å². The van der Waals surface area contributed by atoms with Gasteiger partial charge in [0.25, 0.3) is 0 Å². The number of hydrogen-bond donors (Lipinski definition) is 1. The second-order valence-corrected chi connectivity index (χ2v) is 14.1. The van der Waals surface area contributed by atoms with Crippen LogP contribution in [0.5, 0.6) is 6.01 Å². The van der Waals surface area contributed by atoms with Crippen LogP contribution in [0.15, 0.2) is 18.2 Å².